The second-order valence-electron chi connectivity index (χ2n) is 7.06. The third-order valence-corrected chi connectivity index (χ3v) is 5.10. The fourth-order valence-electron chi connectivity index (χ4n) is 3.62. The maximum absolute atomic E-state index is 13.0. The van der Waals surface area contributed by atoms with E-state index in [-0.39, 0.29) is 11.9 Å². The molecule has 1 amide bonds. The van der Waals surface area contributed by atoms with E-state index in [2.05, 4.69) is 22.0 Å². The predicted molar refractivity (Wildman–Crippen MR) is 99.5 cm³/mol. The molecule has 4 rings (SSSR count). The zero-order valence-corrected chi connectivity index (χ0v) is 15.5. The molecule has 1 aromatic heterocycles. The SMILES string of the molecule is O=C(C1CN(CCOCc2ccccc2)Cc2cncn21)N1CCCCO1. The molecule has 2 aliphatic rings. The molecule has 1 fully saturated rings. The number of ether oxygens (including phenoxy) is 1. The van der Waals surface area contributed by atoms with Crippen LogP contribution in [0.1, 0.15) is 30.1 Å². The van der Waals surface area contributed by atoms with Gasteiger partial charge in [0.25, 0.3) is 5.91 Å². The minimum absolute atomic E-state index is 0.0175. The molecule has 0 radical (unpaired) electrons. The highest BCUT2D eigenvalue weighted by Gasteiger charge is 2.34. The van der Waals surface area contributed by atoms with E-state index in [1.165, 1.54) is 10.6 Å². The zero-order chi connectivity index (χ0) is 18.5. The highest BCUT2D eigenvalue weighted by molar-refractivity contribution is 5.80. The van der Waals surface area contributed by atoms with Gasteiger partial charge >= 0.3 is 0 Å². The Morgan fingerprint density at radius 1 is 1.26 bits per heavy atom. The van der Waals surface area contributed by atoms with Crippen molar-refractivity contribution in [3.8, 4) is 0 Å². The van der Waals surface area contributed by atoms with Crippen molar-refractivity contribution >= 4 is 5.91 Å². The van der Waals surface area contributed by atoms with Crippen LogP contribution < -0.4 is 0 Å². The van der Waals surface area contributed by atoms with Crippen LogP contribution in [0.5, 0.6) is 0 Å². The zero-order valence-electron chi connectivity index (χ0n) is 15.5. The van der Waals surface area contributed by atoms with Crippen molar-refractivity contribution in [2.24, 2.45) is 0 Å². The number of carbonyl (C=O) groups excluding carboxylic acids is 1. The van der Waals surface area contributed by atoms with Crippen LogP contribution in [0.25, 0.3) is 0 Å². The quantitative estimate of drug-likeness (QED) is 0.728. The summed E-state index contributed by atoms with van der Waals surface area (Å²) in [7, 11) is 0. The number of carbonyl (C=O) groups is 1. The average molecular weight is 370 g/mol. The molecule has 0 spiro atoms. The largest absolute Gasteiger partial charge is 0.375 e. The molecule has 7 heteroatoms. The highest BCUT2D eigenvalue weighted by Crippen LogP contribution is 2.24. The van der Waals surface area contributed by atoms with Gasteiger partial charge in [-0.05, 0) is 18.4 Å². The first-order valence-electron chi connectivity index (χ1n) is 9.60. The summed E-state index contributed by atoms with van der Waals surface area (Å²) < 4.78 is 7.81. The van der Waals surface area contributed by atoms with Crippen LogP contribution in [0.4, 0.5) is 0 Å². The monoisotopic (exact) mass is 370 g/mol. The molecule has 3 heterocycles. The number of fused-ring (bicyclic) bond motifs is 1. The molecule has 0 bridgehead atoms. The fraction of sp³-hybridized carbons (Fsp3) is 0.500. The number of rotatable bonds is 6. The molecule has 1 unspecified atom stereocenters. The molecule has 1 atom stereocenters. The summed E-state index contributed by atoms with van der Waals surface area (Å²) in [6.07, 6.45) is 5.60. The van der Waals surface area contributed by atoms with Crippen LogP contribution in [0, 0.1) is 0 Å². The van der Waals surface area contributed by atoms with E-state index in [0.717, 1.165) is 31.6 Å². The summed E-state index contributed by atoms with van der Waals surface area (Å²) in [4.78, 5) is 25.0. The minimum atomic E-state index is -0.288. The standard InChI is InChI=1S/C20H26N4O3/c25-20(24-8-4-5-10-27-24)19-14-22(13-18-12-21-16-23(18)19)9-11-26-15-17-6-2-1-3-7-17/h1-3,6-7,12,16,19H,4-5,8-11,13-15H2. The number of hydrogen-bond acceptors (Lipinski definition) is 5. The third-order valence-electron chi connectivity index (χ3n) is 5.10. The van der Waals surface area contributed by atoms with Gasteiger partial charge in [-0.15, -0.1) is 0 Å². The van der Waals surface area contributed by atoms with Gasteiger partial charge in [-0.1, -0.05) is 30.3 Å². The van der Waals surface area contributed by atoms with Gasteiger partial charge < -0.3 is 9.30 Å². The van der Waals surface area contributed by atoms with Crippen molar-refractivity contribution in [2.45, 2.75) is 32.0 Å². The van der Waals surface area contributed by atoms with Gasteiger partial charge in [0.2, 0.25) is 0 Å². The van der Waals surface area contributed by atoms with Crippen LogP contribution in [0.2, 0.25) is 0 Å². The van der Waals surface area contributed by atoms with Crippen molar-refractivity contribution in [1.29, 1.82) is 0 Å². The first-order chi connectivity index (χ1) is 13.3. The Balaban J connectivity index is 1.34. The van der Waals surface area contributed by atoms with E-state index in [9.17, 15) is 4.79 Å². The van der Waals surface area contributed by atoms with Crippen LogP contribution in [-0.2, 0) is 27.5 Å². The number of aromatic nitrogens is 2. The van der Waals surface area contributed by atoms with Crippen molar-refractivity contribution in [1.82, 2.24) is 19.5 Å². The first kappa shape index (κ1) is 18.2. The molecule has 2 aliphatic heterocycles. The maximum Gasteiger partial charge on any atom is 0.270 e. The summed E-state index contributed by atoms with van der Waals surface area (Å²) in [5.41, 5.74) is 2.23. The van der Waals surface area contributed by atoms with Gasteiger partial charge in [0.1, 0.15) is 6.04 Å². The Labute approximate surface area is 159 Å². The van der Waals surface area contributed by atoms with Crippen LogP contribution in [0.15, 0.2) is 42.9 Å². The number of benzene rings is 1. The lowest BCUT2D eigenvalue weighted by Gasteiger charge is -2.36. The van der Waals surface area contributed by atoms with Crippen molar-refractivity contribution in [3.05, 3.63) is 54.1 Å². The topological polar surface area (TPSA) is 59.8 Å². The van der Waals surface area contributed by atoms with Crippen LogP contribution in [0.3, 0.4) is 0 Å². The summed E-state index contributed by atoms with van der Waals surface area (Å²) >= 11 is 0. The van der Waals surface area contributed by atoms with Crippen LogP contribution >= 0.6 is 0 Å². The van der Waals surface area contributed by atoms with Crippen molar-refractivity contribution in [3.63, 3.8) is 0 Å². The molecular formula is C20H26N4O3. The van der Waals surface area contributed by atoms with Gasteiger partial charge in [0.15, 0.2) is 0 Å². The number of hydroxylamine groups is 2. The van der Waals surface area contributed by atoms with Crippen LogP contribution in [-0.4, -0.2) is 58.3 Å². The highest BCUT2D eigenvalue weighted by atomic mass is 16.7. The van der Waals surface area contributed by atoms with E-state index in [0.29, 0.717) is 32.9 Å². The number of nitrogens with zero attached hydrogens (tertiary/aromatic N) is 4. The third kappa shape index (κ3) is 4.37. The second kappa shape index (κ2) is 8.65. The molecule has 0 aliphatic carbocycles. The lowest BCUT2D eigenvalue weighted by atomic mass is 10.1. The van der Waals surface area contributed by atoms with Gasteiger partial charge in [-0.25, -0.2) is 10.0 Å². The fourth-order valence-corrected chi connectivity index (χ4v) is 3.62. The molecule has 144 valence electrons. The summed E-state index contributed by atoms with van der Waals surface area (Å²) in [5, 5.41) is 1.54. The summed E-state index contributed by atoms with van der Waals surface area (Å²) in [6.45, 7) is 4.73. The second-order valence-corrected chi connectivity index (χ2v) is 7.06. The molecule has 2 aromatic rings. The lowest BCUT2D eigenvalue weighted by molar-refractivity contribution is -0.201. The molecule has 1 saturated heterocycles. The number of hydrogen-bond donors (Lipinski definition) is 0. The minimum Gasteiger partial charge on any atom is -0.375 e. The van der Waals surface area contributed by atoms with Gasteiger partial charge in [0.05, 0.1) is 31.8 Å². The Morgan fingerprint density at radius 3 is 2.96 bits per heavy atom. The Kier molecular flexibility index (Phi) is 5.81. The maximum atomic E-state index is 13.0. The van der Waals surface area contributed by atoms with E-state index in [1.807, 2.05) is 29.0 Å². The van der Waals surface area contributed by atoms with Gasteiger partial charge in [0, 0.05) is 32.4 Å². The molecule has 7 nitrogen and oxygen atoms in total. The molecule has 0 saturated carbocycles. The number of imidazole rings is 1. The van der Waals surface area contributed by atoms with E-state index >= 15 is 0 Å². The smallest absolute Gasteiger partial charge is 0.270 e. The number of amides is 1. The van der Waals surface area contributed by atoms with E-state index in [4.69, 9.17) is 9.57 Å². The molecule has 1 aromatic carbocycles. The Hall–Kier alpha value is -2.22. The average Bonchev–Trinajstić information content (AvgIpc) is 3.20. The predicted octanol–water partition coefficient (Wildman–Crippen LogP) is 2.01. The summed E-state index contributed by atoms with van der Waals surface area (Å²) in [6, 6.07) is 9.87. The van der Waals surface area contributed by atoms with Crippen molar-refractivity contribution < 1.29 is 14.4 Å². The Morgan fingerprint density at radius 2 is 2.15 bits per heavy atom. The normalized spacial score (nSPS) is 20.4. The molecular weight excluding hydrogens is 344 g/mol. The lowest BCUT2D eigenvalue weighted by Crippen LogP contribution is -2.47. The first-order valence-corrected chi connectivity index (χ1v) is 9.60. The van der Waals surface area contributed by atoms with Gasteiger partial charge in [-0.2, -0.15) is 0 Å². The van der Waals surface area contributed by atoms with E-state index < -0.39 is 0 Å². The molecule has 27 heavy (non-hydrogen) atoms. The Bertz CT molecular complexity index is 743. The van der Waals surface area contributed by atoms with Crippen molar-refractivity contribution in [2.75, 3.05) is 32.8 Å². The summed E-state index contributed by atoms with van der Waals surface area (Å²) in [5.74, 6) is 0.0175. The van der Waals surface area contributed by atoms with Gasteiger partial charge in [-0.3, -0.25) is 14.5 Å². The van der Waals surface area contributed by atoms with E-state index in [1.54, 1.807) is 6.33 Å². The molecule has 0 N–H and O–H groups in total.